The van der Waals surface area contributed by atoms with Crippen LogP contribution < -0.4 is 9.64 Å². The Labute approximate surface area is 161 Å². The number of rotatable bonds is 7. The normalized spacial score (nSPS) is 14.4. The molecule has 0 spiro atoms. The molecule has 136 valence electrons. The van der Waals surface area contributed by atoms with Crippen molar-refractivity contribution >= 4 is 5.69 Å². The summed E-state index contributed by atoms with van der Waals surface area (Å²) in [4.78, 5) is 9.12. The van der Waals surface area contributed by atoms with E-state index in [2.05, 4.69) is 9.69 Å². The highest BCUT2D eigenvalue weighted by Crippen LogP contribution is 2.32. The molecule has 0 radical (unpaired) electrons. The summed E-state index contributed by atoms with van der Waals surface area (Å²) in [6, 6.07) is 17.8. The van der Waals surface area contributed by atoms with Crippen LogP contribution in [-0.4, -0.2) is 6.67 Å². The minimum absolute atomic E-state index is 0.204. The molecule has 4 nitrogen and oxygen atoms in total. The Morgan fingerprint density at radius 1 is 1.04 bits per heavy atom. The highest BCUT2D eigenvalue weighted by atomic mass is 16.5. The zero-order valence-electron chi connectivity index (χ0n) is 15.3. The second kappa shape index (κ2) is 9.46. The fourth-order valence-electron chi connectivity index (χ4n) is 3.35. The zero-order valence-corrected chi connectivity index (χ0v) is 15.3. The third-order valence-corrected chi connectivity index (χ3v) is 4.83. The third-order valence-electron chi connectivity index (χ3n) is 4.83. The predicted octanol–water partition coefficient (Wildman–Crippen LogP) is 5.90. The first-order valence-electron chi connectivity index (χ1n) is 9.26. The largest absolute Gasteiger partial charge is 0.489 e. The molecule has 27 heavy (non-hydrogen) atoms. The van der Waals surface area contributed by atoms with E-state index in [1.54, 1.807) is 0 Å². The lowest BCUT2D eigenvalue weighted by molar-refractivity contribution is 0.306. The van der Waals surface area contributed by atoms with Crippen LogP contribution in [0.5, 0.6) is 5.75 Å². The van der Waals surface area contributed by atoms with Gasteiger partial charge in [-0.15, -0.1) is 0 Å². The van der Waals surface area contributed by atoms with Crippen LogP contribution in [0.1, 0.15) is 31.2 Å². The summed E-state index contributed by atoms with van der Waals surface area (Å²) in [7, 11) is 0. The van der Waals surface area contributed by atoms with E-state index in [0.717, 1.165) is 35.5 Å². The summed E-state index contributed by atoms with van der Waals surface area (Å²) in [5.74, 6) is 1.12. The molecule has 1 aliphatic rings. The molecule has 0 heterocycles. The molecule has 0 atom stereocenters. The fourth-order valence-corrected chi connectivity index (χ4v) is 3.35. The number of nitrogens with zero attached hydrogens (tertiary/aromatic N) is 3. The van der Waals surface area contributed by atoms with Gasteiger partial charge in [-0.3, -0.25) is 9.74 Å². The summed E-state index contributed by atoms with van der Waals surface area (Å²) < 4.78 is 5.83. The molecule has 1 fully saturated rings. The molecule has 3 rings (SSSR count). The molecule has 4 heteroatoms. The average Bonchev–Trinajstić information content (AvgIpc) is 3.25. The van der Waals surface area contributed by atoms with E-state index in [9.17, 15) is 0 Å². The Morgan fingerprint density at radius 2 is 1.74 bits per heavy atom. The summed E-state index contributed by atoms with van der Waals surface area (Å²) in [5.41, 5.74) is 2.79. The maximum Gasteiger partial charge on any atom is 0.292 e. The standard InChI is InChI=1S/C23H23N3O/c1-24-18-26(16-23(25-2)20-10-6-7-11-20)21-12-14-22(15-13-21)27-17-19-8-4-3-5-9-19/h3-5,8-9,12-16,20H,6-7,10-11,17-18H2/b23-16-. The van der Waals surface area contributed by atoms with E-state index in [0.29, 0.717) is 12.5 Å². The Morgan fingerprint density at radius 3 is 2.37 bits per heavy atom. The van der Waals surface area contributed by atoms with Crippen LogP contribution in [0.4, 0.5) is 5.69 Å². The zero-order chi connectivity index (χ0) is 18.9. The highest BCUT2D eigenvalue weighted by Gasteiger charge is 2.21. The van der Waals surface area contributed by atoms with Gasteiger partial charge in [-0.05, 0) is 35.7 Å². The van der Waals surface area contributed by atoms with Crippen molar-refractivity contribution in [2.75, 3.05) is 11.6 Å². The van der Waals surface area contributed by atoms with Crippen LogP contribution in [0, 0.1) is 19.1 Å². The molecular formula is C23H23N3O. The molecule has 0 N–H and O–H groups in total. The number of hydrogen-bond donors (Lipinski definition) is 0. The summed E-state index contributed by atoms with van der Waals surface area (Å²) >= 11 is 0. The van der Waals surface area contributed by atoms with Gasteiger partial charge in [-0.25, -0.2) is 11.4 Å². The molecule has 0 bridgehead atoms. The Balaban J connectivity index is 1.70. The van der Waals surface area contributed by atoms with Crippen LogP contribution in [0.25, 0.3) is 9.69 Å². The van der Waals surface area contributed by atoms with Crippen molar-refractivity contribution in [1.29, 1.82) is 0 Å². The van der Waals surface area contributed by atoms with Gasteiger partial charge in [0.25, 0.3) is 6.67 Å². The fraction of sp³-hybridized carbons (Fsp3) is 0.304. The molecule has 0 saturated heterocycles. The number of benzene rings is 2. The first-order valence-corrected chi connectivity index (χ1v) is 9.26. The Kier molecular flexibility index (Phi) is 6.50. The lowest BCUT2D eigenvalue weighted by Crippen LogP contribution is -2.16. The second-order valence-electron chi connectivity index (χ2n) is 6.68. The maximum absolute atomic E-state index is 7.52. The molecule has 2 aromatic carbocycles. The maximum atomic E-state index is 7.52. The Hall–Kier alpha value is -3.24. The van der Waals surface area contributed by atoms with Crippen molar-refractivity contribution in [3.05, 3.63) is 94.9 Å². The first kappa shape index (κ1) is 18.5. The number of ether oxygens (including phenoxy) is 1. The van der Waals surface area contributed by atoms with Crippen LogP contribution in [0.15, 0.2) is 66.5 Å². The molecule has 0 unspecified atom stereocenters. The number of allylic oxidation sites excluding steroid dienone is 1. The summed E-state index contributed by atoms with van der Waals surface area (Å²) in [6.45, 7) is 15.5. The smallest absolute Gasteiger partial charge is 0.292 e. The minimum atomic E-state index is 0.204. The van der Waals surface area contributed by atoms with Crippen LogP contribution in [-0.2, 0) is 6.61 Å². The van der Waals surface area contributed by atoms with Gasteiger partial charge in [0.05, 0.1) is 6.57 Å². The van der Waals surface area contributed by atoms with Gasteiger partial charge in [-0.2, -0.15) is 0 Å². The van der Waals surface area contributed by atoms with Gasteiger partial charge in [0.2, 0.25) is 0 Å². The van der Waals surface area contributed by atoms with Crippen molar-refractivity contribution in [2.45, 2.75) is 32.3 Å². The van der Waals surface area contributed by atoms with Gasteiger partial charge < -0.3 is 4.74 Å². The molecular weight excluding hydrogens is 334 g/mol. The van der Waals surface area contributed by atoms with E-state index in [-0.39, 0.29) is 6.67 Å². The van der Waals surface area contributed by atoms with E-state index >= 15 is 0 Å². The first-order chi connectivity index (χ1) is 13.3. The van der Waals surface area contributed by atoms with Crippen molar-refractivity contribution in [3.63, 3.8) is 0 Å². The average molecular weight is 357 g/mol. The van der Waals surface area contributed by atoms with Gasteiger partial charge in [0.1, 0.15) is 12.4 Å². The molecule has 0 amide bonds. The van der Waals surface area contributed by atoms with Crippen molar-refractivity contribution < 1.29 is 4.74 Å². The lowest BCUT2D eigenvalue weighted by Gasteiger charge is -2.17. The van der Waals surface area contributed by atoms with Crippen LogP contribution >= 0.6 is 0 Å². The minimum Gasteiger partial charge on any atom is -0.489 e. The van der Waals surface area contributed by atoms with Crippen molar-refractivity contribution in [3.8, 4) is 5.75 Å². The van der Waals surface area contributed by atoms with Crippen LogP contribution in [0.2, 0.25) is 0 Å². The van der Waals surface area contributed by atoms with E-state index < -0.39 is 0 Å². The molecule has 0 aliphatic heterocycles. The quantitative estimate of drug-likeness (QED) is 0.575. The van der Waals surface area contributed by atoms with Crippen molar-refractivity contribution in [2.24, 2.45) is 5.92 Å². The Bertz CT molecular complexity index is 838. The highest BCUT2D eigenvalue weighted by molar-refractivity contribution is 5.52. The SMILES string of the molecule is [C-]#[N+]CN(/C=C(\[N+]#[C-])C1CCCC1)c1ccc(OCc2ccccc2)cc1. The van der Waals surface area contributed by atoms with E-state index in [1.807, 2.05) is 65.7 Å². The van der Waals surface area contributed by atoms with Gasteiger partial charge >= 0.3 is 0 Å². The van der Waals surface area contributed by atoms with Crippen LogP contribution in [0.3, 0.4) is 0 Å². The third kappa shape index (κ3) is 5.12. The van der Waals surface area contributed by atoms with Gasteiger partial charge in [0, 0.05) is 11.9 Å². The lowest BCUT2D eigenvalue weighted by atomic mass is 10.1. The summed E-state index contributed by atoms with van der Waals surface area (Å²) in [5, 5.41) is 0. The predicted molar refractivity (Wildman–Crippen MR) is 108 cm³/mol. The monoisotopic (exact) mass is 357 g/mol. The molecule has 1 aliphatic carbocycles. The second-order valence-corrected chi connectivity index (χ2v) is 6.68. The van der Waals surface area contributed by atoms with Gasteiger partial charge in [0.15, 0.2) is 5.70 Å². The van der Waals surface area contributed by atoms with E-state index in [1.165, 1.54) is 12.8 Å². The molecule has 1 saturated carbocycles. The topological polar surface area (TPSA) is 21.2 Å². The summed E-state index contributed by atoms with van der Waals surface area (Å²) in [6.07, 6.45) is 6.39. The molecule has 0 aromatic heterocycles. The number of anilines is 1. The number of hydrogen-bond acceptors (Lipinski definition) is 2. The van der Waals surface area contributed by atoms with Gasteiger partial charge in [-0.1, -0.05) is 56.0 Å². The van der Waals surface area contributed by atoms with E-state index in [4.69, 9.17) is 17.9 Å². The molecule has 2 aromatic rings. The van der Waals surface area contributed by atoms with Crippen molar-refractivity contribution in [1.82, 2.24) is 0 Å².